The molecule has 0 unspecified atom stereocenters. The normalized spacial score (nSPS) is 14.5. The van der Waals surface area contributed by atoms with Gasteiger partial charge in [-0.1, -0.05) is 23.7 Å². The van der Waals surface area contributed by atoms with E-state index in [1.165, 1.54) is 16.4 Å². The van der Waals surface area contributed by atoms with E-state index in [0.717, 1.165) is 11.6 Å². The number of nitrogens with one attached hydrogen (secondary N) is 1. The van der Waals surface area contributed by atoms with Crippen LogP contribution in [0, 0.1) is 6.92 Å². The molecule has 0 spiro atoms. The molecule has 1 fully saturated rings. The average Bonchev–Trinajstić information content (AvgIpc) is 2.81. The Morgan fingerprint density at radius 1 is 1.15 bits per heavy atom. The number of benzene rings is 2. The summed E-state index contributed by atoms with van der Waals surface area (Å²) in [6.45, 7) is 2.87. The molecular weight excluding hydrogens is 472 g/mol. The Labute approximate surface area is 197 Å². The zero-order valence-electron chi connectivity index (χ0n) is 18.1. The first kappa shape index (κ1) is 25.0. The number of hydrogen-bond acceptors (Lipinski definition) is 7. The molecule has 1 aliphatic heterocycles. The minimum atomic E-state index is -3.90. The van der Waals surface area contributed by atoms with Crippen molar-refractivity contribution in [3.8, 4) is 5.75 Å². The number of carbonyl (C=O) groups is 2. The third-order valence-corrected chi connectivity index (χ3v) is 7.15. The number of carbonyl (C=O) groups excluding carboxylic acids is 2. The molecule has 0 atom stereocenters. The fraction of sp³-hybridized carbons (Fsp3) is 0.364. The number of ether oxygens (including phenoxy) is 3. The number of rotatable bonds is 9. The van der Waals surface area contributed by atoms with Crippen LogP contribution in [0.15, 0.2) is 47.4 Å². The topological polar surface area (TPSA) is 111 Å². The highest BCUT2D eigenvalue weighted by molar-refractivity contribution is 7.89. The first-order chi connectivity index (χ1) is 15.8. The molecule has 3 rings (SSSR count). The van der Waals surface area contributed by atoms with Crippen LogP contribution >= 0.6 is 11.6 Å². The summed E-state index contributed by atoms with van der Waals surface area (Å²) in [7, 11) is -3.90. The summed E-state index contributed by atoms with van der Waals surface area (Å²) in [6, 6.07) is 11.3. The highest BCUT2D eigenvalue weighted by Crippen LogP contribution is 2.26. The number of amides is 1. The first-order valence-corrected chi connectivity index (χ1v) is 12.1. The Balaban J connectivity index is 1.50. The summed E-state index contributed by atoms with van der Waals surface area (Å²) in [4.78, 5) is 24.1. The van der Waals surface area contributed by atoms with Crippen LogP contribution in [0.2, 0.25) is 5.02 Å². The van der Waals surface area contributed by atoms with Crippen LogP contribution in [0.1, 0.15) is 15.9 Å². The van der Waals surface area contributed by atoms with Crippen molar-refractivity contribution in [1.82, 2.24) is 9.62 Å². The lowest BCUT2D eigenvalue weighted by atomic mass is 10.2. The van der Waals surface area contributed by atoms with Gasteiger partial charge in [0.25, 0.3) is 5.91 Å². The number of esters is 1. The minimum Gasteiger partial charge on any atom is -0.492 e. The Morgan fingerprint density at radius 3 is 2.64 bits per heavy atom. The largest absolute Gasteiger partial charge is 0.492 e. The van der Waals surface area contributed by atoms with Crippen molar-refractivity contribution in [3.05, 3.63) is 58.6 Å². The van der Waals surface area contributed by atoms with Crippen molar-refractivity contribution < 1.29 is 32.2 Å². The lowest BCUT2D eigenvalue weighted by molar-refractivity contribution is -0.124. The van der Waals surface area contributed by atoms with Crippen molar-refractivity contribution in [2.75, 3.05) is 46.1 Å². The maximum absolute atomic E-state index is 12.9. The zero-order valence-corrected chi connectivity index (χ0v) is 19.7. The van der Waals surface area contributed by atoms with Gasteiger partial charge < -0.3 is 19.5 Å². The molecule has 11 heteroatoms. The van der Waals surface area contributed by atoms with Gasteiger partial charge in [-0.3, -0.25) is 4.79 Å². The summed E-state index contributed by atoms with van der Waals surface area (Å²) in [5.74, 6) is -0.649. The smallest absolute Gasteiger partial charge is 0.338 e. The molecule has 0 aliphatic carbocycles. The Morgan fingerprint density at radius 2 is 1.91 bits per heavy atom. The quantitative estimate of drug-likeness (QED) is 0.417. The highest BCUT2D eigenvalue weighted by atomic mass is 35.5. The fourth-order valence-electron chi connectivity index (χ4n) is 3.08. The van der Waals surface area contributed by atoms with E-state index in [2.05, 4.69) is 5.32 Å². The molecule has 33 heavy (non-hydrogen) atoms. The second-order valence-electron chi connectivity index (χ2n) is 7.25. The summed E-state index contributed by atoms with van der Waals surface area (Å²) in [5, 5.41) is 2.58. The van der Waals surface area contributed by atoms with Crippen LogP contribution in [0.4, 0.5) is 0 Å². The van der Waals surface area contributed by atoms with Gasteiger partial charge in [0.2, 0.25) is 10.0 Å². The molecular formula is C22H25ClN2O7S. The summed E-state index contributed by atoms with van der Waals surface area (Å²) >= 11 is 6.09. The molecule has 2 aromatic rings. The van der Waals surface area contributed by atoms with Crippen molar-refractivity contribution >= 4 is 33.5 Å². The molecule has 9 nitrogen and oxygen atoms in total. The summed E-state index contributed by atoms with van der Waals surface area (Å²) < 4.78 is 42.7. The van der Waals surface area contributed by atoms with Gasteiger partial charge in [0.15, 0.2) is 6.61 Å². The number of nitrogens with zero attached hydrogens (tertiary/aromatic N) is 1. The van der Waals surface area contributed by atoms with Gasteiger partial charge in [0.1, 0.15) is 17.3 Å². The predicted octanol–water partition coefficient (Wildman–Crippen LogP) is 2.02. The second kappa shape index (κ2) is 11.5. The zero-order chi connectivity index (χ0) is 23.8. The average molecular weight is 497 g/mol. The SMILES string of the molecule is Cc1cccc(OCCNC(=O)COC(=O)c2ccc(Cl)c(S(=O)(=O)N3CCOCC3)c2)c1. The van der Waals surface area contributed by atoms with Crippen LogP contribution in [0.25, 0.3) is 0 Å². The van der Waals surface area contributed by atoms with Crippen molar-refractivity contribution in [1.29, 1.82) is 0 Å². The Kier molecular flexibility index (Phi) is 8.67. The van der Waals surface area contributed by atoms with Gasteiger partial charge in [-0.25, -0.2) is 13.2 Å². The van der Waals surface area contributed by atoms with Crippen molar-refractivity contribution in [3.63, 3.8) is 0 Å². The third kappa shape index (κ3) is 6.91. The second-order valence-corrected chi connectivity index (χ2v) is 9.57. The summed E-state index contributed by atoms with van der Waals surface area (Å²) in [6.07, 6.45) is 0. The molecule has 0 saturated carbocycles. The molecule has 1 heterocycles. The molecule has 1 N–H and O–H groups in total. The maximum atomic E-state index is 12.9. The van der Waals surface area contributed by atoms with Gasteiger partial charge >= 0.3 is 5.97 Å². The van der Waals surface area contributed by atoms with Crippen LogP contribution in [0.3, 0.4) is 0 Å². The number of halogens is 1. The third-order valence-electron chi connectivity index (χ3n) is 4.77. The van der Waals surface area contributed by atoms with Crippen molar-refractivity contribution in [2.45, 2.75) is 11.8 Å². The van der Waals surface area contributed by atoms with Gasteiger partial charge in [-0.05, 0) is 42.8 Å². The molecule has 0 bridgehead atoms. The van der Waals surface area contributed by atoms with Gasteiger partial charge in [-0.15, -0.1) is 0 Å². The lowest BCUT2D eigenvalue weighted by Crippen LogP contribution is -2.40. The number of morpholine rings is 1. The number of aryl methyl sites for hydroxylation is 1. The number of hydrogen-bond donors (Lipinski definition) is 1. The number of sulfonamides is 1. The molecule has 1 aliphatic rings. The van der Waals surface area contributed by atoms with E-state index in [0.29, 0.717) is 5.75 Å². The van der Waals surface area contributed by atoms with Gasteiger partial charge in [-0.2, -0.15) is 4.31 Å². The predicted molar refractivity (Wildman–Crippen MR) is 121 cm³/mol. The molecule has 1 amide bonds. The highest BCUT2D eigenvalue weighted by Gasteiger charge is 2.29. The summed E-state index contributed by atoms with van der Waals surface area (Å²) in [5.41, 5.74) is 1.04. The molecule has 0 radical (unpaired) electrons. The van der Waals surface area contributed by atoms with Gasteiger partial charge in [0.05, 0.1) is 30.3 Å². The van der Waals surface area contributed by atoms with E-state index in [-0.39, 0.29) is 54.9 Å². The van der Waals surface area contributed by atoms with E-state index in [1.54, 1.807) is 0 Å². The first-order valence-electron chi connectivity index (χ1n) is 10.3. The molecule has 1 saturated heterocycles. The van der Waals surface area contributed by atoms with E-state index < -0.39 is 28.5 Å². The molecule has 0 aromatic heterocycles. The van der Waals surface area contributed by atoms with E-state index in [9.17, 15) is 18.0 Å². The van der Waals surface area contributed by atoms with E-state index in [4.69, 9.17) is 25.8 Å². The van der Waals surface area contributed by atoms with Crippen LogP contribution < -0.4 is 10.1 Å². The minimum absolute atomic E-state index is 0.00982. The van der Waals surface area contributed by atoms with Crippen molar-refractivity contribution in [2.24, 2.45) is 0 Å². The van der Waals surface area contributed by atoms with E-state index >= 15 is 0 Å². The maximum Gasteiger partial charge on any atom is 0.338 e. The van der Waals surface area contributed by atoms with Crippen LogP contribution in [0.5, 0.6) is 5.75 Å². The Bertz CT molecular complexity index is 1100. The van der Waals surface area contributed by atoms with Gasteiger partial charge in [0, 0.05) is 13.1 Å². The molecule has 2 aromatic carbocycles. The standard InChI is InChI=1S/C22H25ClN2O7S/c1-16-3-2-4-18(13-16)31-10-7-24-21(26)15-32-22(27)17-5-6-19(23)20(14-17)33(28,29)25-8-11-30-12-9-25/h2-6,13-14H,7-12,15H2,1H3,(H,24,26). The molecule has 178 valence electrons. The monoisotopic (exact) mass is 496 g/mol. The fourth-order valence-corrected chi connectivity index (χ4v) is 4.99. The van der Waals surface area contributed by atoms with E-state index in [1.807, 2.05) is 31.2 Å². The Hall–Kier alpha value is -2.66. The van der Waals surface area contributed by atoms with Crippen LogP contribution in [-0.2, 0) is 24.3 Å². The van der Waals surface area contributed by atoms with Crippen LogP contribution in [-0.4, -0.2) is 70.7 Å². The lowest BCUT2D eigenvalue weighted by Gasteiger charge is -2.26.